The fraction of sp³-hybridized carbons (Fsp3) is 0.333. The number of carbonyl (C=O) groups is 1. The Morgan fingerprint density at radius 2 is 1.90 bits per heavy atom. The van der Waals surface area contributed by atoms with E-state index >= 15 is 0 Å². The van der Waals surface area contributed by atoms with Crippen LogP contribution in [0.2, 0.25) is 0 Å². The third-order valence-electron chi connectivity index (χ3n) is 7.99. The molecule has 0 radical (unpaired) electrons. The van der Waals surface area contributed by atoms with Gasteiger partial charge in [-0.1, -0.05) is 48.5 Å². The summed E-state index contributed by atoms with van der Waals surface area (Å²) in [5.74, 6) is 0.975. The lowest BCUT2D eigenvalue weighted by Gasteiger charge is -2.30. The van der Waals surface area contributed by atoms with Gasteiger partial charge in [-0.05, 0) is 60.9 Å². The number of aliphatic hydroxyl groups is 1. The van der Waals surface area contributed by atoms with Gasteiger partial charge in [0.25, 0.3) is 5.91 Å². The number of ether oxygens (including phenoxy) is 1. The zero-order valence-corrected chi connectivity index (χ0v) is 23.1. The van der Waals surface area contributed by atoms with Crippen LogP contribution in [0.3, 0.4) is 0 Å². The molecule has 1 aliphatic heterocycles. The molecule has 2 aliphatic rings. The molecular formula is C33H35N5O3. The molecule has 8 heteroatoms. The van der Waals surface area contributed by atoms with E-state index in [1.165, 1.54) is 11.1 Å². The van der Waals surface area contributed by atoms with Crippen molar-refractivity contribution in [2.45, 2.75) is 31.7 Å². The molecule has 3 heterocycles. The van der Waals surface area contributed by atoms with Crippen molar-refractivity contribution in [1.82, 2.24) is 20.3 Å². The van der Waals surface area contributed by atoms with Gasteiger partial charge in [0.1, 0.15) is 0 Å². The highest BCUT2D eigenvalue weighted by molar-refractivity contribution is 5.95. The van der Waals surface area contributed by atoms with E-state index in [1.54, 1.807) is 6.07 Å². The molecular weight excluding hydrogens is 514 g/mol. The Morgan fingerprint density at radius 3 is 2.68 bits per heavy atom. The summed E-state index contributed by atoms with van der Waals surface area (Å²) in [5.41, 5.74) is 6.70. The van der Waals surface area contributed by atoms with Crippen molar-refractivity contribution in [1.29, 1.82) is 0 Å². The molecule has 1 unspecified atom stereocenters. The van der Waals surface area contributed by atoms with E-state index in [2.05, 4.69) is 21.3 Å². The molecule has 41 heavy (non-hydrogen) atoms. The Morgan fingerprint density at radius 1 is 1.05 bits per heavy atom. The second-order valence-electron chi connectivity index (χ2n) is 10.8. The van der Waals surface area contributed by atoms with Crippen LogP contribution in [-0.2, 0) is 24.0 Å². The summed E-state index contributed by atoms with van der Waals surface area (Å²) in [5, 5.41) is 12.9. The second kappa shape index (κ2) is 12.6. The lowest BCUT2D eigenvalue weighted by molar-refractivity contribution is 0.0916. The van der Waals surface area contributed by atoms with Crippen molar-refractivity contribution < 1.29 is 14.6 Å². The SMILES string of the molecule is O=C(NC(CO)c1ccccc1)c1cccc(-c2nc(N3CCOCC3)nc3c2CC[C@@H](Cc2cccnc2)C3)c1. The summed E-state index contributed by atoms with van der Waals surface area (Å²) >= 11 is 0. The highest BCUT2D eigenvalue weighted by Gasteiger charge is 2.27. The number of fused-ring (bicyclic) bond motifs is 1. The van der Waals surface area contributed by atoms with Gasteiger partial charge in [-0.2, -0.15) is 0 Å². The third-order valence-corrected chi connectivity index (χ3v) is 7.99. The smallest absolute Gasteiger partial charge is 0.251 e. The van der Waals surface area contributed by atoms with Crippen LogP contribution in [0, 0.1) is 5.92 Å². The van der Waals surface area contributed by atoms with Crippen molar-refractivity contribution in [3.63, 3.8) is 0 Å². The van der Waals surface area contributed by atoms with Crippen LogP contribution in [0.15, 0.2) is 79.1 Å². The maximum Gasteiger partial charge on any atom is 0.251 e. The standard InChI is InChI=1S/C33H35N5O3/c39-22-30(25-7-2-1-3-8-25)35-32(40)27-10-4-9-26(20-27)31-28-12-11-23(18-24-6-5-13-34-21-24)19-29(28)36-33(37-31)38-14-16-41-17-15-38/h1-10,13,20-21,23,30,39H,11-12,14-19,22H2,(H,35,40)/t23-,30?/m0/s1. The van der Waals surface area contributed by atoms with Crippen LogP contribution in [0.1, 0.15) is 45.2 Å². The normalized spacial score (nSPS) is 17.5. The van der Waals surface area contributed by atoms with E-state index in [9.17, 15) is 9.90 Å². The molecule has 1 saturated heterocycles. The maximum atomic E-state index is 13.3. The number of carbonyl (C=O) groups excluding carboxylic acids is 1. The first-order chi connectivity index (χ1) is 20.2. The van der Waals surface area contributed by atoms with Crippen LogP contribution in [0.25, 0.3) is 11.3 Å². The van der Waals surface area contributed by atoms with Gasteiger partial charge in [0.15, 0.2) is 0 Å². The number of morpholine rings is 1. The van der Waals surface area contributed by atoms with Crippen molar-refractivity contribution in [3.05, 3.63) is 107 Å². The summed E-state index contributed by atoms with van der Waals surface area (Å²) in [7, 11) is 0. The third kappa shape index (κ3) is 6.29. The monoisotopic (exact) mass is 549 g/mol. The minimum atomic E-state index is -0.483. The molecule has 8 nitrogen and oxygen atoms in total. The van der Waals surface area contributed by atoms with Gasteiger partial charge in [0.2, 0.25) is 5.95 Å². The molecule has 0 saturated carbocycles. The molecule has 2 atom stereocenters. The minimum Gasteiger partial charge on any atom is -0.394 e. The summed E-state index contributed by atoms with van der Waals surface area (Å²) in [6, 6.07) is 20.8. The average Bonchev–Trinajstić information content (AvgIpc) is 3.04. The predicted octanol–water partition coefficient (Wildman–Crippen LogP) is 4.19. The first kappa shape index (κ1) is 27.1. The Balaban J connectivity index is 1.31. The van der Waals surface area contributed by atoms with E-state index in [0.717, 1.165) is 67.2 Å². The molecule has 6 rings (SSSR count). The van der Waals surface area contributed by atoms with Crippen LogP contribution in [0.4, 0.5) is 5.95 Å². The number of nitrogens with zero attached hydrogens (tertiary/aromatic N) is 4. The highest BCUT2D eigenvalue weighted by atomic mass is 16.5. The van der Waals surface area contributed by atoms with Crippen LogP contribution in [-0.4, -0.2) is 58.9 Å². The molecule has 2 N–H and O–H groups in total. The summed E-state index contributed by atoms with van der Waals surface area (Å²) in [6.07, 6.45) is 7.55. The average molecular weight is 550 g/mol. The van der Waals surface area contributed by atoms with Crippen LogP contribution in [0.5, 0.6) is 0 Å². The highest BCUT2D eigenvalue weighted by Crippen LogP contribution is 2.35. The van der Waals surface area contributed by atoms with E-state index in [1.807, 2.05) is 67.0 Å². The lowest BCUT2D eigenvalue weighted by Crippen LogP contribution is -2.38. The minimum absolute atomic E-state index is 0.183. The molecule has 210 valence electrons. The summed E-state index contributed by atoms with van der Waals surface area (Å²) < 4.78 is 5.58. The van der Waals surface area contributed by atoms with Crippen molar-refractivity contribution in [3.8, 4) is 11.3 Å². The number of anilines is 1. The van der Waals surface area contributed by atoms with Gasteiger partial charge < -0.3 is 20.1 Å². The molecule has 0 spiro atoms. The van der Waals surface area contributed by atoms with Gasteiger partial charge in [-0.3, -0.25) is 9.78 Å². The molecule has 1 fully saturated rings. The number of pyridine rings is 1. The molecule has 0 bridgehead atoms. The maximum absolute atomic E-state index is 13.3. The van der Waals surface area contributed by atoms with E-state index in [4.69, 9.17) is 14.7 Å². The summed E-state index contributed by atoms with van der Waals surface area (Å²) in [6.45, 7) is 2.63. The number of aliphatic hydroxyl groups excluding tert-OH is 1. The predicted molar refractivity (Wildman–Crippen MR) is 158 cm³/mol. The Hall–Kier alpha value is -4.14. The zero-order chi connectivity index (χ0) is 28.0. The number of nitrogens with one attached hydrogen (secondary N) is 1. The van der Waals surface area contributed by atoms with Gasteiger partial charge in [0.05, 0.1) is 37.3 Å². The molecule has 1 aliphatic carbocycles. The Labute approximate surface area is 240 Å². The number of rotatable bonds is 8. The number of aromatic nitrogens is 3. The first-order valence-electron chi connectivity index (χ1n) is 14.4. The van der Waals surface area contributed by atoms with Crippen LogP contribution >= 0.6 is 0 Å². The first-order valence-corrected chi connectivity index (χ1v) is 14.4. The number of hydrogen-bond acceptors (Lipinski definition) is 7. The Bertz CT molecular complexity index is 1480. The van der Waals surface area contributed by atoms with E-state index < -0.39 is 6.04 Å². The number of hydrogen-bond donors (Lipinski definition) is 2. The summed E-state index contributed by atoms with van der Waals surface area (Å²) in [4.78, 5) is 30.0. The number of amides is 1. The molecule has 2 aromatic heterocycles. The topological polar surface area (TPSA) is 100 Å². The van der Waals surface area contributed by atoms with Crippen molar-refractivity contribution in [2.24, 2.45) is 5.92 Å². The van der Waals surface area contributed by atoms with Gasteiger partial charge in [-0.15, -0.1) is 0 Å². The fourth-order valence-electron chi connectivity index (χ4n) is 5.81. The number of benzene rings is 2. The van der Waals surface area contributed by atoms with E-state index in [0.29, 0.717) is 24.7 Å². The van der Waals surface area contributed by atoms with Gasteiger partial charge in [0, 0.05) is 42.2 Å². The largest absolute Gasteiger partial charge is 0.394 e. The van der Waals surface area contributed by atoms with Crippen molar-refractivity contribution in [2.75, 3.05) is 37.8 Å². The van der Waals surface area contributed by atoms with Gasteiger partial charge in [-0.25, -0.2) is 9.97 Å². The van der Waals surface area contributed by atoms with Crippen LogP contribution < -0.4 is 10.2 Å². The quantitative estimate of drug-likeness (QED) is 0.340. The second-order valence-corrected chi connectivity index (χ2v) is 10.8. The zero-order valence-electron chi connectivity index (χ0n) is 23.1. The molecule has 4 aromatic rings. The molecule has 1 amide bonds. The lowest BCUT2D eigenvalue weighted by atomic mass is 9.82. The van der Waals surface area contributed by atoms with Gasteiger partial charge >= 0.3 is 0 Å². The molecule has 2 aromatic carbocycles. The Kier molecular flexibility index (Phi) is 8.30. The van der Waals surface area contributed by atoms with E-state index in [-0.39, 0.29) is 12.5 Å². The fourth-order valence-corrected chi connectivity index (χ4v) is 5.81. The van der Waals surface area contributed by atoms with Crippen molar-refractivity contribution >= 4 is 11.9 Å².